The van der Waals surface area contributed by atoms with Crippen LogP contribution in [0.15, 0.2) is 88.7 Å². The van der Waals surface area contributed by atoms with E-state index in [1.807, 2.05) is 65.6 Å². The third-order valence-electron chi connectivity index (χ3n) is 8.98. The minimum atomic E-state index is -4.40. The Labute approximate surface area is 294 Å². The molecule has 2 aliphatic rings. The van der Waals surface area contributed by atoms with E-state index in [-0.39, 0.29) is 25.1 Å². The molecule has 50 heavy (non-hydrogen) atoms. The molecule has 6 rings (SSSR count). The van der Waals surface area contributed by atoms with E-state index in [2.05, 4.69) is 15.1 Å². The molecule has 8 nitrogen and oxygen atoms in total. The van der Waals surface area contributed by atoms with Gasteiger partial charge in [-0.15, -0.1) is 0 Å². The Morgan fingerprint density at radius 2 is 1.50 bits per heavy atom. The van der Waals surface area contributed by atoms with Gasteiger partial charge in [0.15, 0.2) is 0 Å². The summed E-state index contributed by atoms with van der Waals surface area (Å²) >= 11 is 1.51. The number of para-hydroxylation sites is 1. The van der Waals surface area contributed by atoms with E-state index in [0.717, 1.165) is 71.5 Å². The lowest BCUT2D eigenvalue weighted by atomic mass is 10.1. The Kier molecular flexibility index (Phi) is 11.2. The van der Waals surface area contributed by atoms with Crippen molar-refractivity contribution >= 4 is 51.5 Å². The van der Waals surface area contributed by atoms with Crippen LogP contribution in [-0.4, -0.2) is 80.7 Å². The van der Waals surface area contributed by atoms with Gasteiger partial charge >= 0.3 is 12.1 Å². The number of fused-ring (bicyclic) bond motifs is 3. The van der Waals surface area contributed by atoms with Gasteiger partial charge in [-0.3, -0.25) is 14.5 Å². The van der Waals surface area contributed by atoms with Crippen LogP contribution in [-0.2, 0) is 20.5 Å². The van der Waals surface area contributed by atoms with Crippen molar-refractivity contribution in [3.63, 3.8) is 0 Å². The Morgan fingerprint density at radius 3 is 2.22 bits per heavy atom. The molecule has 264 valence electrons. The van der Waals surface area contributed by atoms with E-state index < -0.39 is 17.7 Å². The second kappa shape index (κ2) is 15.7. The van der Waals surface area contributed by atoms with Crippen LogP contribution in [0.5, 0.6) is 5.75 Å². The van der Waals surface area contributed by atoms with E-state index in [1.54, 1.807) is 13.0 Å². The second-order valence-electron chi connectivity index (χ2n) is 12.7. The van der Waals surface area contributed by atoms with Crippen molar-refractivity contribution < 1.29 is 32.2 Å². The lowest BCUT2D eigenvalue weighted by molar-refractivity contribution is -0.149. The number of carbonyl (C=O) groups is 2. The Balaban J connectivity index is 0.932. The first-order chi connectivity index (χ1) is 24.0. The van der Waals surface area contributed by atoms with Crippen LogP contribution in [0.1, 0.15) is 25.8 Å². The summed E-state index contributed by atoms with van der Waals surface area (Å²) < 4.78 is 52.2. The van der Waals surface area contributed by atoms with Gasteiger partial charge in [-0.25, -0.2) is 0 Å². The molecule has 4 aromatic carbocycles. The Morgan fingerprint density at radius 1 is 0.840 bits per heavy atom. The SMILES string of the molecule is CC(=O)Nc1cc2ccccc2cc1OCC(C)C(=O)OCCN1CCN(CCCN2c3ccccc3Sc3ccc(C(F)(F)F)cc32)CC1. The van der Waals surface area contributed by atoms with Gasteiger partial charge in [0.1, 0.15) is 19.0 Å². The summed E-state index contributed by atoms with van der Waals surface area (Å²) in [5, 5.41) is 4.74. The van der Waals surface area contributed by atoms with Crippen molar-refractivity contribution in [1.29, 1.82) is 0 Å². The van der Waals surface area contributed by atoms with Gasteiger partial charge in [-0.05, 0) is 73.1 Å². The van der Waals surface area contributed by atoms with Gasteiger partial charge < -0.3 is 24.6 Å². The number of halogens is 3. The maximum Gasteiger partial charge on any atom is 0.416 e. The topological polar surface area (TPSA) is 74.3 Å². The van der Waals surface area contributed by atoms with Gasteiger partial charge in [-0.1, -0.05) is 48.2 Å². The first-order valence-corrected chi connectivity index (χ1v) is 17.7. The molecule has 0 radical (unpaired) electrons. The zero-order valence-electron chi connectivity index (χ0n) is 28.2. The van der Waals surface area contributed by atoms with Gasteiger partial charge in [-0.2, -0.15) is 13.2 Å². The number of nitrogens with one attached hydrogen (secondary N) is 1. The minimum absolute atomic E-state index is 0.110. The summed E-state index contributed by atoms with van der Waals surface area (Å²) in [6.07, 6.45) is -3.59. The minimum Gasteiger partial charge on any atom is -0.490 e. The van der Waals surface area contributed by atoms with Gasteiger partial charge in [0, 0.05) is 56.0 Å². The largest absolute Gasteiger partial charge is 0.490 e. The number of esters is 1. The quantitative estimate of drug-likeness (QED) is 0.151. The van der Waals surface area contributed by atoms with Crippen LogP contribution in [0.4, 0.5) is 30.2 Å². The Hall–Kier alpha value is -4.26. The number of piperazine rings is 1. The lowest BCUT2D eigenvalue weighted by Gasteiger charge is -2.36. The summed E-state index contributed by atoms with van der Waals surface area (Å²) in [5.41, 5.74) is 1.46. The molecule has 1 fully saturated rings. The maximum absolute atomic E-state index is 13.6. The number of rotatable bonds is 12. The second-order valence-corrected chi connectivity index (χ2v) is 13.8. The van der Waals surface area contributed by atoms with Crippen molar-refractivity contribution in [3.8, 4) is 5.75 Å². The van der Waals surface area contributed by atoms with Crippen LogP contribution in [0.2, 0.25) is 0 Å². The van der Waals surface area contributed by atoms with Crippen LogP contribution >= 0.6 is 11.8 Å². The number of benzene rings is 4. The third-order valence-corrected chi connectivity index (χ3v) is 10.1. The normalized spacial score (nSPS) is 15.7. The molecule has 0 saturated carbocycles. The predicted molar refractivity (Wildman–Crippen MR) is 190 cm³/mol. The highest BCUT2D eigenvalue weighted by Crippen LogP contribution is 2.49. The van der Waals surface area contributed by atoms with Crippen molar-refractivity contribution in [3.05, 3.63) is 84.4 Å². The Bertz CT molecular complexity index is 1830. The number of anilines is 3. The van der Waals surface area contributed by atoms with Crippen molar-refractivity contribution in [2.24, 2.45) is 5.92 Å². The first-order valence-electron chi connectivity index (χ1n) is 16.9. The molecular weight excluding hydrogens is 666 g/mol. The predicted octanol–water partition coefficient (Wildman–Crippen LogP) is 7.69. The summed E-state index contributed by atoms with van der Waals surface area (Å²) in [6, 6.07) is 23.4. The highest BCUT2D eigenvalue weighted by molar-refractivity contribution is 7.99. The summed E-state index contributed by atoms with van der Waals surface area (Å²) in [5.74, 6) is -0.553. The fourth-order valence-electron chi connectivity index (χ4n) is 6.26. The molecule has 1 unspecified atom stereocenters. The molecule has 0 aliphatic carbocycles. The van der Waals surface area contributed by atoms with Crippen molar-refractivity contribution in [1.82, 2.24) is 9.80 Å². The molecular formula is C38H41F3N4O4S. The zero-order valence-corrected chi connectivity index (χ0v) is 29.0. The zero-order chi connectivity index (χ0) is 35.3. The monoisotopic (exact) mass is 706 g/mol. The van der Waals surface area contributed by atoms with Gasteiger partial charge in [0.2, 0.25) is 5.91 Å². The molecule has 4 aromatic rings. The highest BCUT2D eigenvalue weighted by Gasteiger charge is 2.33. The molecule has 12 heteroatoms. The van der Waals surface area contributed by atoms with Crippen molar-refractivity contribution in [2.75, 3.05) is 69.2 Å². The summed E-state index contributed by atoms with van der Waals surface area (Å²) in [7, 11) is 0. The average molecular weight is 707 g/mol. The van der Waals surface area contributed by atoms with Gasteiger partial charge in [0.05, 0.1) is 28.5 Å². The maximum atomic E-state index is 13.6. The van der Waals surface area contributed by atoms with E-state index in [0.29, 0.717) is 30.2 Å². The third kappa shape index (κ3) is 8.72. The molecule has 2 heterocycles. The number of amides is 1. The number of hydrogen-bond acceptors (Lipinski definition) is 8. The number of ether oxygens (including phenoxy) is 2. The van der Waals surface area contributed by atoms with Crippen LogP contribution < -0.4 is 15.0 Å². The number of carbonyl (C=O) groups excluding carboxylic acids is 2. The molecule has 1 atom stereocenters. The highest BCUT2D eigenvalue weighted by atomic mass is 32.2. The fraction of sp³-hybridized carbons (Fsp3) is 0.368. The summed E-state index contributed by atoms with van der Waals surface area (Å²) in [4.78, 5) is 33.0. The summed E-state index contributed by atoms with van der Waals surface area (Å²) in [6.45, 7) is 9.07. The standard InChI is InChI=1S/C38H41F3N4O4S/c1-26(25-49-34-23-29-9-4-3-8-28(29)22-31(34)42-27(2)46)37(47)48-21-20-44-18-16-43(17-19-44)14-7-15-45-32-10-5-6-11-35(32)50-36-13-12-30(24-33(36)45)38(39,40)41/h3-6,8-13,22-24,26H,7,14-21,25H2,1-2H3,(H,42,46). The molecule has 1 saturated heterocycles. The average Bonchev–Trinajstić information content (AvgIpc) is 3.10. The smallest absolute Gasteiger partial charge is 0.416 e. The molecule has 0 bridgehead atoms. The van der Waals surface area contributed by atoms with E-state index in [4.69, 9.17) is 9.47 Å². The number of hydrogen-bond donors (Lipinski definition) is 1. The number of alkyl halides is 3. The molecule has 2 aliphatic heterocycles. The van der Waals surface area contributed by atoms with E-state index in [9.17, 15) is 22.8 Å². The molecule has 0 aromatic heterocycles. The molecule has 1 N–H and O–H groups in total. The van der Waals surface area contributed by atoms with Gasteiger partial charge in [0.25, 0.3) is 0 Å². The number of nitrogens with zero attached hydrogens (tertiary/aromatic N) is 3. The van der Waals surface area contributed by atoms with E-state index >= 15 is 0 Å². The van der Waals surface area contributed by atoms with Crippen LogP contribution in [0, 0.1) is 5.92 Å². The molecule has 0 spiro atoms. The first kappa shape index (κ1) is 35.6. The van der Waals surface area contributed by atoms with E-state index in [1.165, 1.54) is 24.8 Å². The van der Waals surface area contributed by atoms with Crippen LogP contribution in [0.25, 0.3) is 10.8 Å². The van der Waals surface area contributed by atoms with Crippen molar-refractivity contribution in [2.45, 2.75) is 36.2 Å². The fourth-order valence-corrected chi connectivity index (χ4v) is 7.34. The van der Waals surface area contributed by atoms with Crippen LogP contribution in [0.3, 0.4) is 0 Å². The molecule has 1 amide bonds. The lowest BCUT2D eigenvalue weighted by Crippen LogP contribution is -2.47.